The molecule has 12 heteroatoms. The average Bonchev–Trinajstić information content (AvgIpc) is 3.05. The first kappa shape index (κ1) is 25.8. The van der Waals surface area contributed by atoms with E-state index in [1.165, 1.54) is 12.3 Å². The molecule has 1 aliphatic heterocycles. The number of hydrogen-bond donors (Lipinski definition) is 2. The molecule has 2 heterocycles. The first-order valence-electron chi connectivity index (χ1n) is 10.8. The summed E-state index contributed by atoms with van der Waals surface area (Å²) in [7, 11) is -2.63. The average molecular weight is 495 g/mol. The van der Waals surface area contributed by atoms with E-state index in [9.17, 15) is 24.1 Å². The van der Waals surface area contributed by atoms with E-state index in [1.807, 2.05) is 0 Å². The third-order valence-corrected chi connectivity index (χ3v) is 5.95. The topological polar surface area (TPSA) is 146 Å². The highest BCUT2D eigenvalue weighted by molar-refractivity contribution is 7.33. The van der Waals surface area contributed by atoms with Crippen molar-refractivity contribution in [2.45, 2.75) is 64.1 Å². The smallest absolute Gasteiger partial charge is 0.463 e. The predicted molar refractivity (Wildman–Crippen MR) is 121 cm³/mol. The fourth-order valence-corrected chi connectivity index (χ4v) is 4.23. The van der Waals surface area contributed by atoms with Gasteiger partial charge in [0.15, 0.2) is 5.75 Å². The minimum absolute atomic E-state index is 0.0682. The fraction of sp³-hybridized carbons (Fsp3) is 0.500. The van der Waals surface area contributed by atoms with E-state index in [-0.39, 0.29) is 31.5 Å². The number of esters is 1. The summed E-state index contributed by atoms with van der Waals surface area (Å²) in [4.78, 5) is 37.2. The van der Waals surface area contributed by atoms with Gasteiger partial charge < -0.3 is 14.6 Å². The second kappa shape index (κ2) is 11.1. The van der Waals surface area contributed by atoms with Crippen molar-refractivity contribution in [3.63, 3.8) is 0 Å². The van der Waals surface area contributed by atoms with Crippen LogP contribution in [-0.4, -0.2) is 45.0 Å². The molecular formula is C22H28N2O9P+. The van der Waals surface area contributed by atoms with E-state index in [0.29, 0.717) is 17.7 Å². The van der Waals surface area contributed by atoms with E-state index in [1.54, 1.807) is 45.0 Å². The van der Waals surface area contributed by atoms with Crippen LogP contribution >= 0.6 is 8.25 Å². The second-order valence-corrected chi connectivity index (χ2v) is 9.28. The second-order valence-electron chi connectivity index (χ2n) is 8.39. The summed E-state index contributed by atoms with van der Waals surface area (Å²) in [6.07, 6.45) is -0.253. The summed E-state index contributed by atoms with van der Waals surface area (Å²) < 4.78 is 35.4. The number of carbonyl (C=O) groups excluding carboxylic acids is 1. The minimum Gasteiger partial charge on any atom is -0.463 e. The van der Waals surface area contributed by atoms with Gasteiger partial charge >= 0.3 is 19.9 Å². The maximum Gasteiger partial charge on any atom is 0.750 e. The van der Waals surface area contributed by atoms with Crippen molar-refractivity contribution in [2.75, 3.05) is 6.61 Å². The summed E-state index contributed by atoms with van der Waals surface area (Å²) in [5.41, 5.74) is -1.82. The zero-order valence-electron chi connectivity index (χ0n) is 19.1. The van der Waals surface area contributed by atoms with Crippen LogP contribution in [0.2, 0.25) is 0 Å². The number of aliphatic hydroxyl groups excluding tert-OH is 1. The van der Waals surface area contributed by atoms with E-state index in [2.05, 4.69) is 4.98 Å². The largest absolute Gasteiger partial charge is 0.750 e. The number of para-hydroxylation sites is 1. The van der Waals surface area contributed by atoms with Crippen LogP contribution < -0.4 is 15.8 Å². The van der Waals surface area contributed by atoms with Gasteiger partial charge in [0.05, 0.1) is 12.2 Å². The molecule has 34 heavy (non-hydrogen) atoms. The summed E-state index contributed by atoms with van der Waals surface area (Å²) >= 11 is 0. The fourth-order valence-electron chi connectivity index (χ4n) is 3.48. The van der Waals surface area contributed by atoms with Crippen molar-refractivity contribution in [3.05, 3.63) is 62.9 Å². The molecule has 184 valence electrons. The van der Waals surface area contributed by atoms with Gasteiger partial charge in [-0.05, 0) is 33.3 Å². The molecule has 11 nitrogen and oxygen atoms in total. The Bertz CT molecular complexity index is 1150. The number of carbonyl (C=O) groups is 1. The number of nitrogens with one attached hydrogen (secondary N) is 1. The normalized spacial score (nSPS) is 22.6. The standard InChI is InChI=1S/C22H27N2O9P/c1-14(2)31-20(27)9-8-15-6-4-5-7-16(15)33-34(29)30-13-22(3)17(25)12-19(32-22)24-11-10-18(26)23-21(24)28/h4-7,10-11,14,17,19,25H,8-9,12-13H2,1-3H3/p+1. The molecule has 4 unspecified atom stereocenters. The van der Waals surface area contributed by atoms with Gasteiger partial charge in [-0.3, -0.25) is 19.1 Å². The van der Waals surface area contributed by atoms with Crippen molar-refractivity contribution in [1.82, 2.24) is 9.55 Å². The van der Waals surface area contributed by atoms with Crippen molar-refractivity contribution < 1.29 is 33.0 Å². The van der Waals surface area contributed by atoms with Gasteiger partial charge in [0.25, 0.3) is 5.56 Å². The van der Waals surface area contributed by atoms with E-state index >= 15 is 0 Å². The predicted octanol–water partition coefficient (Wildman–Crippen LogP) is 2.21. The zero-order chi connectivity index (χ0) is 24.9. The Morgan fingerprint density at radius 3 is 2.76 bits per heavy atom. The summed E-state index contributed by atoms with van der Waals surface area (Å²) in [5, 5.41) is 10.5. The van der Waals surface area contributed by atoms with Crippen LogP contribution in [0.15, 0.2) is 46.1 Å². The van der Waals surface area contributed by atoms with Crippen molar-refractivity contribution >= 4 is 14.2 Å². The maximum absolute atomic E-state index is 12.5. The SMILES string of the molecule is CC(C)OC(=O)CCc1ccccc1O[P+](=O)OCC1(C)OC(n2ccc(=O)[nH]c2=O)CC1O. The Morgan fingerprint density at radius 2 is 2.06 bits per heavy atom. The lowest BCUT2D eigenvalue weighted by molar-refractivity contribution is -0.147. The minimum atomic E-state index is -2.63. The molecule has 0 saturated carbocycles. The quantitative estimate of drug-likeness (QED) is 0.374. The Morgan fingerprint density at radius 1 is 1.32 bits per heavy atom. The molecule has 2 aromatic rings. The van der Waals surface area contributed by atoms with E-state index in [4.69, 9.17) is 18.5 Å². The third kappa shape index (κ3) is 6.60. The number of hydrogen-bond acceptors (Lipinski definition) is 9. The lowest BCUT2D eigenvalue weighted by Crippen LogP contribution is -2.40. The maximum atomic E-state index is 12.5. The lowest BCUT2D eigenvalue weighted by Gasteiger charge is -2.24. The molecular weight excluding hydrogens is 467 g/mol. The van der Waals surface area contributed by atoms with Crippen LogP contribution in [0, 0.1) is 0 Å². The molecule has 0 bridgehead atoms. The monoisotopic (exact) mass is 495 g/mol. The molecule has 1 aromatic carbocycles. The van der Waals surface area contributed by atoms with Gasteiger partial charge in [0.1, 0.15) is 18.4 Å². The first-order chi connectivity index (χ1) is 16.1. The van der Waals surface area contributed by atoms with Crippen LogP contribution in [-0.2, 0) is 29.8 Å². The summed E-state index contributed by atoms with van der Waals surface area (Å²) in [6, 6.07) is 8.01. The Labute approximate surface area is 196 Å². The first-order valence-corrected chi connectivity index (χ1v) is 11.9. The number of aromatic amines is 1. The number of rotatable bonds is 10. The highest BCUT2D eigenvalue weighted by atomic mass is 31.1. The molecule has 1 fully saturated rings. The molecule has 0 aliphatic carbocycles. The Balaban J connectivity index is 1.58. The summed E-state index contributed by atoms with van der Waals surface area (Å²) in [5.74, 6) is -0.0430. The number of ether oxygens (including phenoxy) is 2. The molecule has 1 aromatic heterocycles. The Kier molecular flexibility index (Phi) is 8.37. The highest BCUT2D eigenvalue weighted by Crippen LogP contribution is 2.39. The number of aryl methyl sites for hydroxylation is 1. The van der Waals surface area contributed by atoms with E-state index < -0.39 is 37.4 Å². The number of H-pyrrole nitrogens is 1. The number of aliphatic hydroxyl groups is 1. The number of nitrogens with zero attached hydrogens (tertiary/aromatic N) is 1. The lowest BCUT2D eigenvalue weighted by atomic mass is 10.0. The van der Waals surface area contributed by atoms with Gasteiger partial charge in [-0.15, -0.1) is 4.52 Å². The zero-order valence-corrected chi connectivity index (χ0v) is 20.0. The summed E-state index contributed by atoms with van der Waals surface area (Å²) in [6.45, 7) is 4.82. The van der Waals surface area contributed by atoms with Gasteiger partial charge in [-0.1, -0.05) is 18.2 Å². The van der Waals surface area contributed by atoms with Crippen molar-refractivity contribution in [2.24, 2.45) is 0 Å². The molecule has 1 saturated heterocycles. The van der Waals surface area contributed by atoms with Gasteiger partial charge in [-0.25, -0.2) is 9.32 Å². The van der Waals surface area contributed by atoms with Crippen LogP contribution in [0.1, 0.15) is 45.4 Å². The van der Waals surface area contributed by atoms with Gasteiger partial charge in [0.2, 0.25) is 0 Å². The molecule has 2 N–H and O–H groups in total. The molecule has 0 spiro atoms. The van der Waals surface area contributed by atoms with E-state index in [0.717, 1.165) is 4.57 Å². The molecule has 3 rings (SSSR count). The van der Waals surface area contributed by atoms with Crippen molar-refractivity contribution in [1.29, 1.82) is 0 Å². The molecule has 1 aliphatic rings. The third-order valence-electron chi connectivity index (χ3n) is 5.26. The highest BCUT2D eigenvalue weighted by Gasteiger charge is 2.48. The number of aromatic nitrogens is 2. The van der Waals surface area contributed by atoms with Crippen LogP contribution in [0.3, 0.4) is 0 Å². The van der Waals surface area contributed by atoms with Crippen LogP contribution in [0.5, 0.6) is 5.75 Å². The number of benzene rings is 1. The van der Waals surface area contributed by atoms with Crippen LogP contribution in [0.25, 0.3) is 0 Å². The van der Waals surface area contributed by atoms with Gasteiger partial charge in [0, 0.05) is 35.2 Å². The molecule has 0 amide bonds. The molecule has 4 atom stereocenters. The van der Waals surface area contributed by atoms with Crippen molar-refractivity contribution in [3.8, 4) is 5.75 Å². The van der Waals surface area contributed by atoms with Gasteiger partial charge in [-0.2, -0.15) is 0 Å². The van der Waals surface area contributed by atoms with Crippen LogP contribution in [0.4, 0.5) is 0 Å². The Hall–Kier alpha value is -2.85. The molecule has 0 radical (unpaired) electrons.